The lowest BCUT2D eigenvalue weighted by molar-refractivity contribution is -0.118. The molecule has 0 aliphatic rings. The van der Waals surface area contributed by atoms with Crippen LogP contribution in [0.3, 0.4) is 0 Å². The number of rotatable bonds is 6. The predicted molar refractivity (Wildman–Crippen MR) is 89.7 cm³/mol. The molecular weight excluding hydrogens is 306 g/mol. The molecule has 0 unspecified atom stereocenters. The van der Waals surface area contributed by atoms with Crippen molar-refractivity contribution in [2.45, 2.75) is 13.3 Å². The molecule has 0 spiro atoms. The summed E-state index contributed by atoms with van der Waals surface area (Å²) in [7, 11) is 0. The maximum Gasteiger partial charge on any atom is 0.270 e. The molecule has 2 aromatic carbocycles. The molecule has 6 nitrogen and oxygen atoms in total. The van der Waals surface area contributed by atoms with E-state index >= 15 is 0 Å². The number of hydrogen-bond acceptors (Lipinski definition) is 5. The standard InChI is InChI=1S/C18H17N3O3/c1-2-13-8-10-15(11-9-13)23-12-16(22)19-18-20-17(24-21-18)14-6-4-3-5-7-14/h3-11H,2,12H2,1H3,(H,19,21,22). The van der Waals surface area contributed by atoms with Crippen molar-refractivity contribution in [1.82, 2.24) is 10.1 Å². The summed E-state index contributed by atoms with van der Waals surface area (Å²) < 4.78 is 10.6. The van der Waals surface area contributed by atoms with Gasteiger partial charge < -0.3 is 9.26 Å². The Kier molecular flexibility index (Phi) is 4.86. The summed E-state index contributed by atoms with van der Waals surface area (Å²) in [5.74, 6) is 0.751. The quantitative estimate of drug-likeness (QED) is 0.753. The van der Waals surface area contributed by atoms with E-state index in [-0.39, 0.29) is 18.5 Å². The maximum absolute atomic E-state index is 11.9. The van der Waals surface area contributed by atoms with Crippen molar-refractivity contribution in [3.8, 4) is 17.2 Å². The van der Waals surface area contributed by atoms with Crippen LogP contribution in [0.4, 0.5) is 5.95 Å². The Balaban J connectivity index is 1.54. The van der Waals surface area contributed by atoms with Crippen molar-refractivity contribution >= 4 is 11.9 Å². The number of aryl methyl sites for hydroxylation is 1. The summed E-state index contributed by atoms with van der Waals surface area (Å²) in [6, 6.07) is 17.0. The Morgan fingerprint density at radius 1 is 1.12 bits per heavy atom. The Labute approximate surface area is 139 Å². The number of anilines is 1. The highest BCUT2D eigenvalue weighted by molar-refractivity contribution is 5.90. The molecule has 1 aromatic heterocycles. The van der Waals surface area contributed by atoms with Crippen LogP contribution in [-0.2, 0) is 11.2 Å². The molecule has 0 fully saturated rings. The van der Waals surface area contributed by atoms with Crippen molar-refractivity contribution in [3.63, 3.8) is 0 Å². The van der Waals surface area contributed by atoms with Gasteiger partial charge in [0.25, 0.3) is 17.7 Å². The molecule has 0 atom stereocenters. The van der Waals surface area contributed by atoms with E-state index in [1.165, 1.54) is 5.56 Å². The smallest absolute Gasteiger partial charge is 0.270 e. The van der Waals surface area contributed by atoms with E-state index in [4.69, 9.17) is 9.26 Å². The number of carbonyl (C=O) groups is 1. The molecule has 1 heterocycles. The molecule has 3 rings (SSSR count). The lowest BCUT2D eigenvalue weighted by Crippen LogP contribution is -2.20. The topological polar surface area (TPSA) is 77.2 Å². The van der Waals surface area contributed by atoms with Gasteiger partial charge in [-0.15, -0.1) is 0 Å². The molecule has 6 heteroatoms. The highest BCUT2D eigenvalue weighted by atomic mass is 16.5. The fraction of sp³-hybridized carbons (Fsp3) is 0.167. The first-order valence-corrected chi connectivity index (χ1v) is 7.65. The third-order valence-electron chi connectivity index (χ3n) is 3.40. The molecule has 24 heavy (non-hydrogen) atoms. The molecule has 0 aliphatic carbocycles. The summed E-state index contributed by atoms with van der Waals surface area (Å²) >= 11 is 0. The van der Waals surface area contributed by atoms with Crippen LogP contribution in [0.15, 0.2) is 59.1 Å². The van der Waals surface area contributed by atoms with Gasteiger partial charge in [-0.3, -0.25) is 10.1 Å². The van der Waals surface area contributed by atoms with E-state index in [9.17, 15) is 4.79 Å². The molecular formula is C18H17N3O3. The first-order valence-electron chi connectivity index (χ1n) is 7.65. The van der Waals surface area contributed by atoms with E-state index in [2.05, 4.69) is 22.4 Å². The zero-order valence-electron chi connectivity index (χ0n) is 13.2. The third-order valence-corrected chi connectivity index (χ3v) is 3.40. The average Bonchev–Trinajstić information content (AvgIpc) is 3.09. The van der Waals surface area contributed by atoms with Crippen molar-refractivity contribution in [2.75, 3.05) is 11.9 Å². The lowest BCUT2D eigenvalue weighted by atomic mass is 10.2. The van der Waals surface area contributed by atoms with Gasteiger partial charge in [0.2, 0.25) is 0 Å². The number of ether oxygens (including phenoxy) is 1. The second-order valence-electron chi connectivity index (χ2n) is 5.12. The minimum atomic E-state index is -0.352. The highest BCUT2D eigenvalue weighted by Crippen LogP contribution is 2.17. The molecule has 3 aromatic rings. The van der Waals surface area contributed by atoms with Crippen LogP contribution in [0.25, 0.3) is 11.5 Å². The van der Waals surface area contributed by atoms with Crippen LogP contribution >= 0.6 is 0 Å². The van der Waals surface area contributed by atoms with Gasteiger partial charge in [0.05, 0.1) is 0 Å². The number of hydrogen-bond donors (Lipinski definition) is 1. The van der Waals surface area contributed by atoms with E-state index in [0.29, 0.717) is 11.6 Å². The number of benzene rings is 2. The third kappa shape index (κ3) is 3.98. The SMILES string of the molecule is CCc1ccc(OCC(=O)Nc2noc(-c3ccccc3)n2)cc1. The zero-order chi connectivity index (χ0) is 16.8. The molecule has 1 amide bonds. The molecule has 1 N–H and O–H groups in total. The van der Waals surface area contributed by atoms with Crippen molar-refractivity contribution < 1.29 is 14.1 Å². The van der Waals surface area contributed by atoms with Crippen LogP contribution in [-0.4, -0.2) is 22.7 Å². The van der Waals surface area contributed by atoms with Crippen LogP contribution in [0, 0.1) is 0 Å². The Morgan fingerprint density at radius 3 is 2.58 bits per heavy atom. The average molecular weight is 323 g/mol. The van der Waals surface area contributed by atoms with Crippen molar-refractivity contribution in [2.24, 2.45) is 0 Å². The number of amides is 1. The van der Waals surface area contributed by atoms with Gasteiger partial charge in [0, 0.05) is 5.56 Å². The Bertz CT molecular complexity index is 798. The number of nitrogens with one attached hydrogen (secondary N) is 1. The molecule has 122 valence electrons. The summed E-state index contributed by atoms with van der Waals surface area (Å²) in [6.07, 6.45) is 0.961. The second-order valence-corrected chi connectivity index (χ2v) is 5.12. The molecule has 0 saturated carbocycles. The number of aromatic nitrogens is 2. The van der Waals surface area contributed by atoms with Crippen LogP contribution in [0.2, 0.25) is 0 Å². The minimum Gasteiger partial charge on any atom is -0.484 e. The maximum atomic E-state index is 11.9. The largest absolute Gasteiger partial charge is 0.484 e. The number of carbonyl (C=O) groups excluding carboxylic acids is 1. The summed E-state index contributed by atoms with van der Waals surface area (Å²) in [5, 5.41) is 6.28. The van der Waals surface area contributed by atoms with E-state index < -0.39 is 0 Å². The van der Waals surface area contributed by atoms with Gasteiger partial charge in [0.15, 0.2) is 6.61 Å². The van der Waals surface area contributed by atoms with Gasteiger partial charge in [-0.1, -0.05) is 37.3 Å². The monoisotopic (exact) mass is 323 g/mol. The lowest BCUT2D eigenvalue weighted by Gasteiger charge is -2.05. The fourth-order valence-corrected chi connectivity index (χ4v) is 2.10. The predicted octanol–water partition coefficient (Wildman–Crippen LogP) is 3.32. The van der Waals surface area contributed by atoms with Gasteiger partial charge in [0.1, 0.15) is 5.75 Å². The van der Waals surface area contributed by atoms with Gasteiger partial charge in [-0.05, 0) is 41.4 Å². The van der Waals surface area contributed by atoms with Gasteiger partial charge in [-0.25, -0.2) is 0 Å². The summed E-state index contributed by atoms with van der Waals surface area (Å²) in [5.41, 5.74) is 2.00. The van der Waals surface area contributed by atoms with E-state index in [1.807, 2.05) is 54.6 Å². The fourth-order valence-electron chi connectivity index (χ4n) is 2.10. The normalized spacial score (nSPS) is 10.4. The van der Waals surface area contributed by atoms with Crippen molar-refractivity contribution in [3.05, 3.63) is 60.2 Å². The van der Waals surface area contributed by atoms with Crippen LogP contribution in [0.5, 0.6) is 5.75 Å². The molecule has 0 saturated heterocycles. The van der Waals surface area contributed by atoms with Crippen LogP contribution < -0.4 is 10.1 Å². The summed E-state index contributed by atoms with van der Waals surface area (Å²) in [4.78, 5) is 16.0. The summed E-state index contributed by atoms with van der Waals surface area (Å²) in [6.45, 7) is 1.96. The zero-order valence-corrected chi connectivity index (χ0v) is 13.2. The molecule has 0 radical (unpaired) electrons. The second kappa shape index (κ2) is 7.41. The first-order chi connectivity index (χ1) is 11.7. The molecule has 0 bridgehead atoms. The van der Waals surface area contributed by atoms with E-state index in [0.717, 1.165) is 12.0 Å². The number of nitrogens with zero attached hydrogens (tertiary/aromatic N) is 2. The van der Waals surface area contributed by atoms with E-state index in [1.54, 1.807) is 0 Å². The highest BCUT2D eigenvalue weighted by Gasteiger charge is 2.11. The van der Waals surface area contributed by atoms with Crippen LogP contribution in [0.1, 0.15) is 12.5 Å². The Morgan fingerprint density at radius 2 is 1.88 bits per heavy atom. The minimum absolute atomic E-state index is 0.115. The first kappa shape index (κ1) is 15.7. The van der Waals surface area contributed by atoms with Gasteiger partial charge in [-0.2, -0.15) is 4.98 Å². The molecule has 0 aliphatic heterocycles. The van der Waals surface area contributed by atoms with Gasteiger partial charge >= 0.3 is 0 Å². The Hall–Kier alpha value is -3.15. The van der Waals surface area contributed by atoms with Crippen molar-refractivity contribution in [1.29, 1.82) is 0 Å².